The maximum atomic E-state index is 12.0. The zero-order chi connectivity index (χ0) is 15.5. The van der Waals surface area contributed by atoms with Gasteiger partial charge >= 0.3 is 12.0 Å². The van der Waals surface area contributed by atoms with Crippen LogP contribution < -0.4 is 10.6 Å². The van der Waals surface area contributed by atoms with Crippen molar-refractivity contribution < 1.29 is 19.4 Å². The number of rotatable bonds is 3. The van der Waals surface area contributed by atoms with Crippen LogP contribution in [0.4, 0.5) is 10.5 Å². The number of nitrogens with one attached hydrogen (secondary N) is 2. The summed E-state index contributed by atoms with van der Waals surface area (Å²) in [5, 5.41) is 14.7. The molecule has 1 fully saturated rings. The van der Waals surface area contributed by atoms with Gasteiger partial charge in [0.05, 0.1) is 5.56 Å². The van der Waals surface area contributed by atoms with E-state index in [2.05, 4.69) is 10.6 Å². The Bertz CT molecular complexity index is 556. The summed E-state index contributed by atoms with van der Waals surface area (Å²) in [4.78, 5) is 23.0. The predicted octanol–water partition coefficient (Wildman–Crippen LogP) is 2.73. The summed E-state index contributed by atoms with van der Waals surface area (Å²) < 4.78 is 5.27. The van der Waals surface area contributed by atoms with E-state index >= 15 is 0 Å². The Morgan fingerprint density at radius 2 is 1.95 bits per heavy atom. The number of carboxylic acid groups (broad SMARTS) is 1. The molecule has 2 rings (SSSR count). The topological polar surface area (TPSA) is 87.7 Å². The lowest BCUT2D eigenvalue weighted by Crippen LogP contribution is -2.51. The number of aromatic carboxylic acids is 1. The Hall–Kier alpha value is -1.79. The number of hydrogen-bond donors (Lipinski definition) is 3. The third kappa shape index (κ3) is 4.34. The monoisotopic (exact) mass is 312 g/mol. The van der Waals surface area contributed by atoms with Gasteiger partial charge in [0, 0.05) is 29.5 Å². The molecule has 114 valence electrons. The molecule has 1 aliphatic heterocycles. The molecular formula is C14H17ClN2O4. The van der Waals surface area contributed by atoms with Gasteiger partial charge in [-0.1, -0.05) is 11.6 Å². The molecule has 0 aliphatic carbocycles. The molecule has 1 heterocycles. The number of hydrogen-bond acceptors (Lipinski definition) is 3. The Balaban J connectivity index is 2.04. The molecule has 0 radical (unpaired) electrons. The SMILES string of the molecule is CC1(NC(=O)Nc2cc(Cl)cc(C(=O)O)c2)CCOCC1. The van der Waals surface area contributed by atoms with Gasteiger partial charge < -0.3 is 20.5 Å². The number of carbonyl (C=O) groups excluding carboxylic acids is 1. The van der Waals surface area contributed by atoms with Crippen LogP contribution in [0, 0.1) is 0 Å². The van der Waals surface area contributed by atoms with Crippen LogP contribution in [0.15, 0.2) is 18.2 Å². The van der Waals surface area contributed by atoms with E-state index in [0.29, 0.717) is 18.9 Å². The fourth-order valence-corrected chi connectivity index (χ4v) is 2.40. The molecule has 1 saturated heterocycles. The van der Waals surface area contributed by atoms with Gasteiger partial charge in [-0.05, 0) is 38.0 Å². The number of carboxylic acids is 1. The highest BCUT2D eigenvalue weighted by Crippen LogP contribution is 2.21. The first-order chi connectivity index (χ1) is 9.88. The summed E-state index contributed by atoms with van der Waals surface area (Å²) >= 11 is 5.85. The quantitative estimate of drug-likeness (QED) is 0.800. The van der Waals surface area contributed by atoms with Gasteiger partial charge in [-0.25, -0.2) is 9.59 Å². The van der Waals surface area contributed by atoms with E-state index < -0.39 is 12.0 Å². The van der Waals surface area contributed by atoms with Gasteiger partial charge in [0.25, 0.3) is 0 Å². The molecule has 21 heavy (non-hydrogen) atoms. The van der Waals surface area contributed by atoms with Gasteiger partial charge in [0.15, 0.2) is 0 Å². The first-order valence-corrected chi connectivity index (χ1v) is 6.97. The van der Waals surface area contributed by atoms with Crippen molar-refractivity contribution in [2.75, 3.05) is 18.5 Å². The molecule has 7 heteroatoms. The molecule has 1 aromatic carbocycles. The van der Waals surface area contributed by atoms with Crippen molar-refractivity contribution in [2.24, 2.45) is 0 Å². The zero-order valence-corrected chi connectivity index (χ0v) is 12.4. The van der Waals surface area contributed by atoms with E-state index in [-0.39, 0.29) is 16.1 Å². The largest absolute Gasteiger partial charge is 0.478 e. The second-order valence-corrected chi connectivity index (χ2v) is 5.72. The molecule has 0 bridgehead atoms. The number of anilines is 1. The summed E-state index contributed by atoms with van der Waals surface area (Å²) in [5.74, 6) is -1.10. The Kier molecular flexibility index (Phi) is 4.69. The fourth-order valence-electron chi connectivity index (χ4n) is 2.17. The van der Waals surface area contributed by atoms with Gasteiger partial charge in [-0.15, -0.1) is 0 Å². The predicted molar refractivity (Wildman–Crippen MR) is 79.0 cm³/mol. The van der Waals surface area contributed by atoms with Crippen molar-refractivity contribution in [3.05, 3.63) is 28.8 Å². The first kappa shape index (κ1) is 15.6. The van der Waals surface area contributed by atoms with E-state index in [9.17, 15) is 9.59 Å². The Morgan fingerprint density at radius 3 is 2.57 bits per heavy atom. The van der Waals surface area contributed by atoms with Crippen LogP contribution in [0.5, 0.6) is 0 Å². The average molecular weight is 313 g/mol. The van der Waals surface area contributed by atoms with E-state index in [1.807, 2.05) is 6.92 Å². The summed E-state index contributed by atoms with van der Waals surface area (Å²) in [7, 11) is 0. The van der Waals surface area contributed by atoms with E-state index in [1.165, 1.54) is 18.2 Å². The Morgan fingerprint density at radius 1 is 1.29 bits per heavy atom. The van der Waals surface area contributed by atoms with Crippen molar-refractivity contribution in [1.29, 1.82) is 0 Å². The second-order valence-electron chi connectivity index (χ2n) is 5.29. The molecule has 0 saturated carbocycles. The minimum absolute atomic E-state index is 0.0232. The number of urea groups is 1. The standard InChI is InChI=1S/C14H17ClN2O4/c1-14(2-4-21-5-3-14)17-13(20)16-11-7-9(12(18)19)6-10(15)8-11/h6-8H,2-5H2,1H3,(H,18,19)(H2,16,17,20). The maximum Gasteiger partial charge on any atom is 0.335 e. The minimum atomic E-state index is -1.10. The molecule has 0 spiro atoms. The lowest BCUT2D eigenvalue weighted by atomic mass is 9.93. The molecule has 0 aromatic heterocycles. The highest BCUT2D eigenvalue weighted by atomic mass is 35.5. The van der Waals surface area contributed by atoms with Crippen molar-refractivity contribution in [3.8, 4) is 0 Å². The lowest BCUT2D eigenvalue weighted by molar-refractivity contribution is 0.0499. The van der Waals surface area contributed by atoms with Crippen molar-refractivity contribution >= 4 is 29.3 Å². The van der Waals surface area contributed by atoms with E-state index in [1.54, 1.807) is 0 Å². The highest BCUT2D eigenvalue weighted by Gasteiger charge is 2.29. The van der Waals surface area contributed by atoms with Crippen LogP contribution in [-0.4, -0.2) is 35.9 Å². The molecule has 0 unspecified atom stereocenters. The Labute approximate surface area is 127 Å². The number of halogens is 1. The van der Waals surface area contributed by atoms with Crippen molar-refractivity contribution in [1.82, 2.24) is 5.32 Å². The van der Waals surface area contributed by atoms with Crippen molar-refractivity contribution in [3.63, 3.8) is 0 Å². The highest BCUT2D eigenvalue weighted by molar-refractivity contribution is 6.31. The van der Waals surface area contributed by atoms with Gasteiger partial charge in [-0.3, -0.25) is 0 Å². The molecule has 1 aromatic rings. The molecule has 1 aliphatic rings. The normalized spacial score (nSPS) is 17.0. The summed E-state index contributed by atoms with van der Waals surface area (Å²) in [5.41, 5.74) is 0.0411. The van der Waals surface area contributed by atoms with Crippen LogP contribution in [0.3, 0.4) is 0 Å². The van der Waals surface area contributed by atoms with Crippen LogP contribution in [-0.2, 0) is 4.74 Å². The van der Waals surface area contributed by atoms with Crippen molar-refractivity contribution in [2.45, 2.75) is 25.3 Å². The first-order valence-electron chi connectivity index (χ1n) is 6.59. The van der Waals surface area contributed by atoms with E-state index in [4.69, 9.17) is 21.4 Å². The van der Waals surface area contributed by atoms with Crippen LogP contribution in [0.1, 0.15) is 30.1 Å². The fraction of sp³-hybridized carbons (Fsp3) is 0.429. The molecule has 2 amide bonds. The average Bonchev–Trinajstić information content (AvgIpc) is 2.37. The number of amides is 2. The summed E-state index contributed by atoms with van der Waals surface area (Å²) in [6, 6.07) is 3.80. The molecular weight excluding hydrogens is 296 g/mol. The maximum absolute atomic E-state index is 12.0. The van der Waals surface area contributed by atoms with Crippen LogP contribution in [0.25, 0.3) is 0 Å². The van der Waals surface area contributed by atoms with Crippen LogP contribution in [0.2, 0.25) is 5.02 Å². The third-order valence-electron chi connectivity index (χ3n) is 3.41. The number of carbonyl (C=O) groups is 2. The van der Waals surface area contributed by atoms with Gasteiger partial charge in [0.1, 0.15) is 0 Å². The summed E-state index contributed by atoms with van der Waals surface area (Å²) in [6.45, 7) is 3.17. The lowest BCUT2D eigenvalue weighted by Gasteiger charge is -2.34. The molecule has 0 atom stereocenters. The minimum Gasteiger partial charge on any atom is -0.478 e. The smallest absolute Gasteiger partial charge is 0.335 e. The number of ether oxygens (including phenoxy) is 1. The zero-order valence-electron chi connectivity index (χ0n) is 11.6. The summed E-state index contributed by atoms with van der Waals surface area (Å²) in [6.07, 6.45) is 1.46. The van der Waals surface area contributed by atoms with Gasteiger partial charge in [-0.2, -0.15) is 0 Å². The second kappa shape index (κ2) is 6.32. The number of benzene rings is 1. The van der Waals surface area contributed by atoms with Gasteiger partial charge in [0.2, 0.25) is 0 Å². The third-order valence-corrected chi connectivity index (χ3v) is 3.63. The van der Waals surface area contributed by atoms with E-state index in [0.717, 1.165) is 12.8 Å². The van der Waals surface area contributed by atoms with Crippen LogP contribution >= 0.6 is 11.6 Å². The molecule has 6 nitrogen and oxygen atoms in total. The molecule has 3 N–H and O–H groups in total.